The molecule has 2 N–H and O–H groups in total. The van der Waals surface area contributed by atoms with Gasteiger partial charge in [-0.05, 0) is 0 Å². The number of hydrogen-bond acceptors (Lipinski definition) is 6. The Hall–Kier alpha value is -0.530. The van der Waals surface area contributed by atoms with Gasteiger partial charge in [-0.3, -0.25) is 4.79 Å². The van der Waals surface area contributed by atoms with E-state index in [1.54, 1.807) is 0 Å². The van der Waals surface area contributed by atoms with Crippen molar-refractivity contribution in [3.05, 3.63) is 0 Å². The molecule has 6 unspecified atom stereocenters. The minimum absolute atomic E-state index is 0.0296. The molecule has 4 aliphatic carbocycles. The van der Waals surface area contributed by atoms with Crippen LogP contribution in [0.1, 0.15) is 25.7 Å². The molecule has 7 rings (SSSR count). The molecule has 0 aromatic carbocycles. The first-order valence-corrected chi connectivity index (χ1v) is 8.39. The lowest BCUT2D eigenvalue weighted by Gasteiger charge is -2.60. The highest BCUT2D eigenvalue weighted by Crippen LogP contribution is 2.70. The van der Waals surface area contributed by atoms with Gasteiger partial charge in [-0.25, -0.2) is 0 Å². The number of Topliss-reactive ketones (excluding diaryl/α,β-unsaturated/α-hetero) is 1. The number of fused-ring (bicyclic) bond motifs is 3. The first-order valence-electron chi connectivity index (χ1n) is 8.39. The predicted molar refractivity (Wildman–Crippen MR) is 70.9 cm³/mol. The number of rotatable bonds is 0. The average molecular weight is 308 g/mol. The molecule has 7 aliphatic rings. The van der Waals surface area contributed by atoms with Crippen molar-refractivity contribution in [2.75, 3.05) is 13.2 Å². The van der Waals surface area contributed by atoms with E-state index in [-0.39, 0.29) is 23.7 Å². The Bertz CT molecular complexity index is 593. The highest BCUT2D eigenvalue weighted by atomic mass is 16.6. The third-order valence-electron chi connectivity index (χ3n) is 7.58. The van der Waals surface area contributed by atoms with E-state index >= 15 is 0 Å². The van der Waals surface area contributed by atoms with Crippen LogP contribution >= 0.6 is 0 Å². The Morgan fingerprint density at radius 2 is 1.86 bits per heavy atom. The summed E-state index contributed by atoms with van der Waals surface area (Å²) in [6.45, 7) is 1.05. The Morgan fingerprint density at radius 3 is 2.73 bits per heavy atom. The Labute approximate surface area is 127 Å². The molecule has 7 fully saturated rings. The first kappa shape index (κ1) is 12.8. The molecular weight excluding hydrogens is 288 g/mol. The Morgan fingerprint density at radius 1 is 1.05 bits per heavy atom. The molecule has 0 aromatic rings. The predicted octanol–water partition coefficient (Wildman–Crippen LogP) is -0.597. The largest absolute Gasteiger partial charge is 0.389 e. The van der Waals surface area contributed by atoms with Gasteiger partial charge in [0.1, 0.15) is 17.0 Å². The van der Waals surface area contributed by atoms with Crippen LogP contribution in [-0.2, 0) is 19.0 Å². The summed E-state index contributed by atoms with van der Waals surface area (Å²) in [6.07, 6.45) is 0.839. The maximum absolute atomic E-state index is 12.6. The van der Waals surface area contributed by atoms with Crippen LogP contribution in [0, 0.1) is 17.8 Å². The van der Waals surface area contributed by atoms with Gasteiger partial charge in [-0.2, -0.15) is 0 Å². The minimum atomic E-state index is -1.15. The number of aliphatic hydroxyl groups is 2. The first-order chi connectivity index (χ1) is 10.5. The number of ether oxygens (including phenoxy) is 3. The zero-order valence-corrected chi connectivity index (χ0v) is 12.2. The number of carbonyl (C=O) groups is 1. The van der Waals surface area contributed by atoms with Crippen molar-refractivity contribution in [2.24, 2.45) is 17.8 Å². The van der Waals surface area contributed by atoms with E-state index in [4.69, 9.17) is 14.2 Å². The fraction of sp³-hybridized carbons (Fsp3) is 0.938. The van der Waals surface area contributed by atoms with Crippen molar-refractivity contribution in [3.8, 4) is 0 Å². The van der Waals surface area contributed by atoms with Gasteiger partial charge < -0.3 is 24.4 Å². The van der Waals surface area contributed by atoms with E-state index in [1.165, 1.54) is 0 Å². The second-order valence-corrected chi connectivity index (χ2v) is 8.11. The number of hydrogen-bond donors (Lipinski definition) is 2. The van der Waals surface area contributed by atoms with Crippen LogP contribution in [0.3, 0.4) is 0 Å². The van der Waals surface area contributed by atoms with Crippen LogP contribution < -0.4 is 0 Å². The molecule has 4 saturated carbocycles. The van der Waals surface area contributed by atoms with E-state index in [2.05, 4.69) is 0 Å². The van der Waals surface area contributed by atoms with Gasteiger partial charge in [0, 0.05) is 44.1 Å². The zero-order chi connectivity index (χ0) is 14.9. The molecule has 22 heavy (non-hydrogen) atoms. The lowest BCUT2D eigenvalue weighted by Crippen LogP contribution is -2.74. The molecular formula is C16H20O6. The van der Waals surface area contributed by atoms with Crippen molar-refractivity contribution >= 4 is 5.78 Å². The van der Waals surface area contributed by atoms with E-state index in [1.807, 2.05) is 0 Å². The van der Waals surface area contributed by atoms with Crippen molar-refractivity contribution in [1.82, 2.24) is 0 Å². The van der Waals surface area contributed by atoms with Crippen molar-refractivity contribution in [2.45, 2.75) is 60.8 Å². The summed E-state index contributed by atoms with van der Waals surface area (Å²) >= 11 is 0. The Balaban J connectivity index is 1.60. The SMILES string of the molecule is O=C1C[C@H]2[C@H]3C4OC25CCOC5C1C3(O)CC1OCC[C@]14O. The summed E-state index contributed by atoms with van der Waals surface area (Å²) in [5.41, 5.74) is -2.66. The molecule has 0 amide bonds. The molecule has 3 saturated heterocycles. The van der Waals surface area contributed by atoms with Gasteiger partial charge in [0.2, 0.25) is 0 Å². The van der Waals surface area contributed by atoms with Crippen LogP contribution in [0.4, 0.5) is 0 Å². The van der Waals surface area contributed by atoms with E-state index in [9.17, 15) is 15.0 Å². The molecule has 3 heterocycles. The van der Waals surface area contributed by atoms with Crippen molar-refractivity contribution < 1.29 is 29.2 Å². The summed E-state index contributed by atoms with van der Waals surface area (Å²) in [6, 6.07) is 0. The minimum Gasteiger partial charge on any atom is -0.389 e. The van der Waals surface area contributed by atoms with E-state index in [0.717, 1.165) is 6.42 Å². The second-order valence-electron chi connectivity index (χ2n) is 8.11. The summed E-state index contributed by atoms with van der Waals surface area (Å²) in [5.74, 6) is -0.628. The topological polar surface area (TPSA) is 85.2 Å². The van der Waals surface area contributed by atoms with Crippen LogP contribution in [0.25, 0.3) is 0 Å². The smallest absolute Gasteiger partial charge is 0.141 e. The summed E-state index contributed by atoms with van der Waals surface area (Å²) < 4.78 is 18.1. The number of carbonyl (C=O) groups excluding carboxylic acids is 1. The highest BCUT2D eigenvalue weighted by molar-refractivity contribution is 5.86. The molecule has 4 bridgehead atoms. The molecule has 0 radical (unpaired) electrons. The maximum Gasteiger partial charge on any atom is 0.141 e. The lowest BCUT2D eigenvalue weighted by molar-refractivity contribution is -0.236. The molecule has 9 atom stereocenters. The van der Waals surface area contributed by atoms with Gasteiger partial charge in [0.15, 0.2) is 0 Å². The van der Waals surface area contributed by atoms with Crippen LogP contribution in [-0.4, -0.2) is 64.3 Å². The Kier molecular flexibility index (Phi) is 2.01. The fourth-order valence-corrected chi connectivity index (χ4v) is 6.82. The van der Waals surface area contributed by atoms with Crippen molar-refractivity contribution in [3.63, 3.8) is 0 Å². The van der Waals surface area contributed by atoms with Crippen LogP contribution in [0.15, 0.2) is 0 Å². The monoisotopic (exact) mass is 308 g/mol. The molecule has 120 valence electrons. The molecule has 1 spiro atoms. The highest BCUT2D eigenvalue weighted by Gasteiger charge is 2.83. The van der Waals surface area contributed by atoms with Crippen molar-refractivity contribution in [1.29, 1.82) is 0 Å². The molecule has 6 heteroatoms. The number of ketones is 1. The van der Waals surface area contributed by atoms with E-state index in [0.29, 0.717) is 32.5 Å². The van der Waals surface area contributed by atoms with Gasteiger partial charge in [0.25, 0.3) is 0 Å². The normalized spacial score (nSPS) is 67.5. The van der Waals surface area contributed by atoms with Gasteiger partial charge >= 0.3 is 0 Å². The van der Waals surface area contributed by atoms with Crippen LogP contribution in [0.2, 0.25) is 0 Å². The third-order valence-corrected chi connectivity index (χ3v) is 7.58. The van der Waals surface area contributed by atoms with Gasteiger partial charge in [-0.15, -0.1) is 0 Å². The third kappa shape index (κ3) is 1.05. The maximum atomic E-state index is 12.6. The lowest BCUT2D eigenvalue weighted by atomic mass is 9.45. The quantitative estimate of drug-likeness (QED) is 0.622. The average Bonchev–Trinajstić information content (AvgIpc) is 3.11. The molecule has 6 nitrogen and oxygen atoms in total. The summed E-state index contributed by atoms with van der Waals surface area (Å²) in [4.78, 5) is 12.6. The second kappa shape index (κ2) is 3.44. The zero-order valence-electron chi connectivity index (χ0n) is 12.2. The van der Waals surface area contributed by atoms with Gasteiger partial charge in [-0.1, -0.05) is 0 Å². The summed E-state index contributed by atoms with van der Waals surface area (Å²) in [7, 11) is 0. The van der Waals surface area contributed by atoms with Gasteiger partial charge in [0.05, 0.1) is 36.4 Å². The standard InChI is InChI=1S/C16H20O6/c17-8-5-7-10-12-14(18)1-3-20-9(14)6-15(10,19)11(8)13-16(7,22-12)2-4-21-13/h7,9-13,18-19H,1-6H2/t7-,9?,10-,11?,12?,13?,14-,15?,16?/m0/s1. The molecule has 0 aromatic heterocycles. The fourth-order valence-electron chi connectivity index (χ4n) is 6.82. The van der Waals surface area contributed by atoms with Crippen LogP contribution in [0.5, 0.6) is 0 Å². The molecule has 3 aliphatic heterocycles. The van der Waals surface area contributed by atoms with E-state index < -0.39 is 34.9 Å². The summed E-state index contributed by atoms with van der Waals surface area (Å²) in [5, 5.41) is 22.7.